The number of aryl methyl sites for hydroxylation is 2. The van der Waals surface area contributed by atoms with Gasteiger partial charge in [0, 0.05) is 43.6 Å². The third kappa shape index (κ3) is 4.61. The van der Waals surface area contributed by atoms with Crippen LogP contribution < -0.4 is 4.74 Å². The van der Waals surface area contributed by atoms with Crippen LogP contribution in [-0.2, 0) is 31.0 Å². The molecule has 5 nitrogen and oxygen atoms in total. The topological polar surface area (TPSA) is 39.5 Å². The summed E-state index contributed by atoms with van der Waals surface area (Å²) in [5.41, 5.74) is 6.10. The zero-order chi connectivity index (χ0) is 18.4. The maximum absolute atomic E-state index is 5.42. The molecule has 1 aromatic carbocycles. The molecular formula is C20H31N3O2. The smallest absolute Gasteiger partial charge is 0.124 e. The zero-order valence-corrected chi connectivity index (χ0v) is 16.4. The van der Waals surface area contributed by atoms with Gasteiger partial charge in [0.25, 0.3) is 0 Å². The molecule has 0 unspecified atom stereocenters. The van der Waals surface area contributed by atoms with E-state index in [9.17, 15) is 0 Å². The van der Waals surface area contributed by atoms with Crippen molar-refractivity contribution in [1.82, 2.24) is 14.7 Å². The zero-order valence-electron chi connectivity index (χ0n) is 16.4. The molecule has 0 aliphatic carbocycles. The number of hydrogen-bond donors (Lipinski definition) is 0. The first-order chi connectivity index (χ1) is 12.0. The molecule has 0 aliphatic rings. The molecule has 0 saturated heterocycles. The minimum Gasteiger partial charge on any atom is -0.496 e. The van der Waals surface area contributed by atoms with E-state index in [-0.39, 0.29) is 0 Å². The Morgan fingerprint density at radius 3 is 2.44 bits per heavy atom. The van der Waals surface area contributed by atoms with E-state index in [4.69, 9.17) is 9.47 Å². The second kappa shape index (κ2) is 9.02. The second-order valence-corrected chi connectivity index (χ2v) is 6.35. The Kier molecular flexibility index (Phi) is 7.02. The van der Waals surface area contributed by atoms with Crippen molar-refractivity contribution < 1.29 is 9.47 Å². The number of rotatable bonds is 9. The van der Waals surface area contributed by atoms with Gasteiger partial charge in [0.15, 0.2) is 0 Å². The van der Waals surface area contributed by atoms with Crippen LogP contribution in [0, 0.1) is 13.8 Å². The summed E-state index contributed by atoms with van der Waals surface area (Å²) in [6.45, 7) is 12.9. The molecule has 5 heteroatoms. The van der Waals surface area contributed by atoms with Crippen LogP contribution in [0.1, 0.15) is 41.9 Å². The molecular weight excluding hydrogens is 314 g/mol. The van der Waals surface area contributed by atoms with Gasteiger partial charge in [-0.3, -0.25) is 9.58 Å². The lowest BCUT2D eigenvalue weighted by Crippen LogP contribution is -2.23. The van der Waals surface area contributed by atoms with Gasteiger partial charge in [-0.2, -0.15) is 5.10 Å². The summed E-state index contributed by atoms with van der Waals surface area (Å²) < 4.78 is 12.8. The highest BCUT2D eigenvalue weighted by molar-refractivity contribution is 5.37. The number of ether oxygens (including phenoxy) is 2. The van der Waals surface area contributed by atoms with Crippen LogP contribution in [0.25, 0.3) is 0 Å². The lowest BCUT2D eigenvalue weighted by molar-refractivity contribution is 0.181. The first-order valence-corrected chi connectivity index (χ1v) is 8.93. The molecule has 0 atom stereocenters. The second-order valence-electron chi connectivity index (χ2n) is 6.35. The Morgan fingerprint density at radius 2 is 1.88 bits per heavy atom. The van der Waals surface area contributed by atoms with E-state index in [1.54, 1.807) is 14.2 Å². The highest BCUT2D eigenvalue weighted by Crippen LogP contribution is 2.23. The lowest BCUT2D eigenvalue weighted by atomic mass is 10.1. The Hall–Kier alpha value is -1.85. The highest BCUT2D eigenvalue weighted by atomic mass is 16.5. The lowest BCUT2D eigenvalue weighted by Gasteiger charge is -2.21. The molecule has 0 spiro atoms. The normalized spacial score (nSPS) is 11.3. The molecule has 0 bridgehead atoms. The van der Waals surface area contributed by atoms with Crippen LogP contribution >= 0.6 is 0 Å². The first-order valence-electron chi connectivity index (χ1n) is 8.93. The van der Waals surface area contributed by atoms with Gasteiger partial charge in [0.1, 0.15) is 5.75 Å². The average molecular weight is 345 g/mol. The van der Waals surface area contributed by atoms with E-state index in [0.717, 1.165) is 43.2 Å². The fraction of sp³-hybridized carbons (Fsp3) is 0.550. The molecule has 0 fully saturated rings. The molecule has 0 amide bonds. The molecule has 2 aromatic rings. The van der Waals surface area contributed by atoms with Crippen LogP contribution in [0.3, 0.4) is 0 Å². The van der Waals surface area contributed by atoms with Crippen molar-refractivity contribution in [3.63, 3.8) is 0 Å². The summed E-state index contributed by atoms with van der Waals surface area (Å²) in [6, 6.07) is 6.35. The third-order valence-electron chi connectivity index (χ3n) is 4.71. The molecule has 2 rings (SSSR count). The Morgan fingerprint density at radius 1 is 1.12 bits per heavy atom. The summed E-state index contributed by atoms with van der Waals surface area (Å²) in [7, 11) is 3.41. The van der Waals surface area contributed by atoms with Gasteiger partial charge >= 0.3 is 0 Å². The largest absolute Gasteiger partial charge is 0.496 e. The molecule has 0 saturated carbocycles. The number of hydrogen-bond acceptors (Lipinski definition) is 4. The molecule has 1 heterocycles. The molecule has 25 heavy (non-hydrogen) atoms. The minimum atomic E-state index is 0.560. The molecule has 0 radical (unpaired) electrons. The van der Waals surface area contributed by atoms with Crippen LogP contribution in [0.2, 0.25) is 0 Å². The number of nitrogens with zero attached hydrogens (tertiary/aromatic N) is 3. The molecule has 0 aliphatic heterocycles. The number of methoxy groups -OCH3 is 2. The third-order valence-corrected chi connectivity index (χ3v) is 4.71. The van der Waals surface area contributed by atoms with E-state index in [2.05, 4.69) is 54.5 Å². The number of aromatic nitrogens is 2. The maximum atomic E-state index is 5.42. The predicted molar refractivity (Wildman–Crippen MR) is 101 cm³/mol. The molecule has 1 aromatic heterocycles. The van der Waals surface area contributed by atoms with Crippen LogP contribution in [0.15, 0.2) is 18.2 Å². The fourth-order valence-corrected chi connectivity index (χ4v) is 3.23. The summed E-state index contributed by atoms with van der Waals surface area (Å²) in [5.74, 6) is 0.879. The van der Waals surface area contributed by atoms with Crippen molar-refractivity contribution in [1.29, 1.82) is 0 Å². The van der Waals surface area contributed by atoms with Crippen molar-refractivity contribution in [2.24, 2.45) is 0 Å². The summed E-state index contributed by atoms with van der Waals surface area (Å²) in [5, 5.41) is 4.64. The van der Waals surface area contributed by atoms with E-state index in [1.807, 2.05) is 6.07 Å². The Labute approximate surface area is 151 Å². The number of benzene rings is 1. The van der Waals surface area contributed by atoms with E-state index in [1.165, 1.54) is 16.8 Å². The minimum absolute atomic E-state index is 0.560. The van der Waals surface area contributed by atoms with Gasteiger partial charge in [-0.15, -0.1) is 0 Å². The summed E-state index contributed by atoms with van der Waals surface area (Å²) >= 11 is 0. The predicted octanol–water partition coefficient (Wildman–Crippen LogP) is 3.70. The van der Waals surface area contributed by atoms with Crippen molar-refractivity contribution in [2.75, 3.05) is 20.8 Å². The molecule has 0 N–H and O–H groups in total. The van der Waals surface area contributed by atoms with Gasteiger partial charge in [0.05, 0.1) is 19.4 Å². The van der Waals surface area contributed by atoms with Gasteiger partial charge in [-0.25, -0.2) is 0 Å². The molecule has 138 valence electrons. The maximum Gasteiger partial charge on any atom is 0.124 e. The van der Waals surface area contributed by atoms with E-state index in [0.29, 0.717) is 6.61 Å². The monoisotopic (exact) mass is 345 g/mol. The fourth-order valence-electron chi connectivity index (χ4n) is 3.23. The van der Waals surface area contributed by atoms with Gasteiger partial charge in [0.2, 0.25) is 0 Å². The highest BCUT2D eigenvalue weighted by Gasteiger charge is 2.15. The van der Waals surface area contributed by atoms with Crippen LogP contribution in [-0.4, -0.2) is 35.4 Å². The van der Waals surface area contributed by atoms with Gasteiger partial charge in [-0.1, -0.05) is 13.0 Å². The van der Waals surface area contributed by atoms with Crippen molar-refractivity contribution >= 4 is 0 Å². The van der Waals surface area contributed by atoms with Crippen molar-refractivity contribution in [3.05, 3.63) is 46.3 Å². The van der Waals surface area contributed by atoms with Crippen molar-refractivity contribution in [2.45, 2.75) is 53.9 Å². The van der Waals surface area contributed by atoms with Gasteiger partial charge < -0.3 is 9.47 Å². The standard InChI is InChI=1S/C20H31N3O2/c1-7-22(13-19-15(3)21-23(8-2)16(19)4)12-17-9-10-20(25-6)18(11-17)14-24-5/h9-11H,7-8,12-14H2,1-6H3. The van der Waals surface area contributed by atoms with E-state index < -0.39 is 0 Å². The Balaban J connectivity index is 2.17. The van der Waals surface area contributed by atoms with Crippen LogP contribution in [0.5, 0.6) is 5.75 Å². The SMILES string of the molecule is CCN(Cc1ccc(OC)c(COC)c1)Cc1c(C)nn(CC)c1C. The summed E-state index contributed by atoms with van der Waals surface area (Å²) in [4.78, 5) is 2.44. The first kappa shape index (κ1) is 19.5. The summed E-state index contributed by atoms with van der Waals surface area (Å²) in [6.07, 6.45) is 0. The van der Waals surface area contributed by atoms with Crippen molar-refractivity contribution in [3.8, 4) is 5.75 Å². The average Bonchev–Trinajstić information content (AvgIpc) is 2.89. The Bertz CT molecular complexity index is 694. The van der Waals surface area contributed by atoms with Crippen LogP contribution in [0.4, 0.5) is 0 Å². The van der Waals surface area contributed by atoms with E-state index >= 15 is 0 Å². The quantitative estimate of drug-likeness (QED) is 0.695. The van der Waals surface area contributed by atoms with Gasteiger partial charge in [-0.05, 0) is 45.0 Å².